The summed E-state index contributed by atoms with van der Waals surface area (Å²) in [4.78, 5) is 37.6. The van der Waals surface area contributed by atoms with Crippen LogP contribution in [0.5, 0.6) is 0 Å². The molecule has 2 N–H and O–H groups in total. The summed E-state index contributed by atoms with van der Waals surface area (Å²) in [6.45, 7) is 3.28. The fourth-order valence-corrected chi connectivity index (χ4v) is 3.43. The van der Waals surface area contributed by atoms with Crippen molar-refractivity contribution in [3.63, 3.8) is 0 Å². The maximum atomic E-state index is 12.4. The zero-order chi connectivity index (χ0) is 17.8. The molecule has 6 nitrogen and oxygen atoms in total. The van der Waals surface area contributed by atoms with E-state index in [1.807, 2.05) is 31.2 Å². The van der Waals surface area contributed by atoms with Gasteiger partial charge < -0.3 is 15.5 Å². The van der Waals surface area contributed by atoms with E-state index in [9.17, 15) is 14.4 Å². The van der Waals surface area contributed by atoms with Crippen molar-refractivity contribution in [1.82, 2.24) is 15.5 Å². The fraction of sp³-hybridized carbons (Fsp3) is 0.526. The number of likely N-dealkylation sites (tertiary alicyclic amines) is 1. The van der Waals surface area contributed by atoms with Crippen molar-refractivity contribution in [3.05, 3.63) is 35.4 Å². The standard InChI is InChI=1S/C19H25N3O3/c1-13-2-4-14(5-3-13)12-18(24)20-15-8-10-22(11-9-15)19(25)16-6-7-17(23)21-16/h2-5,15-16H,6-12H2,1H3,(H,20,24)(H,21,23). The lowest BCUT2D eigenvalue weighted by atomic mass is 10.0. The topological polar surface area (TPSA) is 78.5 Å². The van der Waals surface area contributed by atoms with Crippen LogP contribution in [0.25, 0.3) is 0 Å². The molecular weight excluding hydrogens is 318 g/mol. The van der Waals surface area contributed by atoms with Gasteiger partial charge in [-0.15, -0.1) is 0 Å². The highest BCUT2D eigenvalue weighted by atomic mass is 16.2. The van der Waals surface area contributed by atoms with Gasteiger partial charge in [0.05, 0.1) is 6.42 Å². The van der Waals surface area contributed by atoms with Crippen LogP contribution in [0.1, 0.15) is 36.8 Å². The number of hydrogen-bond donors (Lipinski definition) is 2. The average molecular weight is 343 g/mol. The highest BCUT2D eigenvalue weighted by Gasteiger charge is 2.32. The lowest BCUT2D eigenvalue weighted by Gasteiger charge is -2.33. The molecule has 0 bridgehead atoms. The van der Waals surface area contributed by atoms with Gasteiger partial charge in [-0.1, -0.05) is 29.8 Å². The number of aryl methyl sites for hydroxylation is 1. The number of amides is 3. The zero-order valence-electron chi connectivity index (χ0n) is 14.6. The average Bonchev–Trinajstić information content (AvgIpc) is 3.03. The van der Waals surface area contributed by atoms with E-state index < -0.39 is 0 Å². The lowest BCUT2D eigenvalue weighted by molar-refractivity contribution is -0.135. The molecule has 3 amide bonds. The van der Waals surface area contributed by atoms with Crippen LogP contribution in [0.4, 0.5) is 0 Å². The summed E-state index contributed by atoms with van der Waals surface area (Å²) in [6, 6.07) is 7.72. The fourth-order valence-electron chi connectivity index (χ4n) is 3.43. The summed E-state index contributed by atoms with van der Waals surface area (Å²) in [5, 5.41) is 5.80. The number of benzene rings is 1. The molecule has 2 heterocycles. The van der Waals surface area contributed by atoms with Crippen molar-refractivity contribution >= 4 is 17.7 Å². The van der Waals surface area contributed by atoms with Crippen LogP contribution < -0.4 is 10.6 Å². The molecule has 1 aromatic carbocycles. The van der Waals surface area contributed by atoms with Crippen LogP contribution >= 0.6 is 0 Å². The van der Waals surface area contributed by atoms with Gasteiger partial charge in [0.25, 0.3) is 0 Å². The summed E-state index contributed by atoms with van der Waals surface area (Å²) in [5.41, 5.74) is 2.19. The number of piperidine rings is 1. The SMILES string of the molecule is Cc1ccc(CC(=O)NC2CCN(C(=O)C3CCC(=O)N3)CC2)cc1. The summed E-state index contributed by atoms with van der Waals surface area (Å²) < 4.78 is 0. The van der Waals surface area contributed by atoms with E-state index >= 15 is 0 Å². The van der Waals surface area contributed by atoms with E-state index in [-0.39, 0.29) is 29.8 Å². The Hall–Kier alpha value is -2.37. The maximum Gasteiger partial charge on any atom is 0.245 e. The van der Waals surface area contributed by atoms with Gasteiger partial charge in [-0.05, 0) is 31.7 Å². The van der Waals surface area contributed by atoms with Crippen LogP contribution in [0.2, 0.25) is 0 Å². The third-order valence-corrected chi connectivity index (χ3v) is 4.95. The third kappa shape index (κ3) is 4.59. The quantitative estimate of drug-likeness (QED) is 0.853. The second-order valence-corrected chi connectivity index (χ2v) is 6.99. The Morgan fingerprint density at radius 3 is 2.44 bits per heavy atom. The highest BCUT2D eigenvalue weighted by molar-refractivity contribution is 5.90. The van der Waals surface area contributed by atoms with Crippen LogP contribution in [-0.2, 0) is 20.8 Å². The Morgan fingerprint density at radius 2 is 1.84 bits per heavy atom. The lowest BCUT2D eigenvalue weighted by Crippen LogP contribution is -2.51. The molecule has 2 aliphatic rings. The molecule has 0 spiro atoms. The molecule has 1 atom stereocenters. The Balaban J connectivity index is 1.42. The van der Waals surface area contributed by atoms with Crippen LogP contribution in [-0.4, -0.2) is 47.8 Å². The first-order valence-electron chi connectivity index (χ1n) is 8.94. The Labute approximate surface area is 148 Å². The van der Waals surface area contributed by atoms with Gasteiger partial charge in [0.2, 0.25) is 17.7 Å². The molecular formula is C19H25N3O3. The van der Waals surface area contributed by atoms with E-state index in [1.54, 1.807) is 4.90 Å². The van der Waals surface area contributed by atoms with Crippen molar-refractivity contribution in [2.75, 3.05) is 13.1 Å². The minimum absolute atomic E-state index is 0.00952. The molecule has 134 valence electrons. The first-order valence-corrected chi connectivity index (χ1v) is 8.94. The molecule has 25 heavy (non-hydrogen) atoms. The van der Waals surface area contributed by atoms with Crippen molar-refractivity contribution in [2.45, 2.75) is 51.1 Å². The van der Waals surface area contributed by atoms with E-state index in [4.69, 9.17) is 0 Å². The van der Waals surface area contributed by atoms with E-state index in [1.165, 1.54) is 5.56 Å². The molecule has 2 aliphatic heterocycles. The van der Waals surface area contributed by atoms with Gasteiger partial charge in [-0.2, -0.15) is 0 Å². The number of nitrogens with zero attached hydrogens (tertiary/aromatic N) is 1. The molecule has 0 aromatic heterocycles. The van der Waals surface area contributed by atoms with Crippen LogP contribution in [0, 0.1) is 6.92 Å². The summed E-state index contributed by atoms with van der Waals surface area (Å²) in [7, 11) is 0. The molecule has 0 radical (unpaired) electrons. The second-order valence-electron chi connectivity index (χ2n) is 6.99. The summed E-state index contributed by atoms with van der Waals surface area (Å²) >= 11 is 0. The largest absolute Gasteiger partial charge is 0.353 e. The zero-order valence-corrected chi connectivity index (χ0v) is 14.6. The maximum absolute atomic E-state index is 12.4. The van der Waals surface area contributed by atoms with Gasteiger partial charge >= 0.3 is 0 Å². The minimum atomic E-state index is -0.361. The number of rotatable bonds is 4. The van der Waals surface area contributed by atoms with E-state index in [0.717, 1.165) is 18.4 Å². The van der Waals surface area contributed by atoms with E-state index in [2.05, 4.69) is 10.6 Å². The third-order valence-electron chi connectivity index (χ3n) is 4.95. The van der Waals surface area contributed by atoms with Gasteiger partial charge in [0.1, 0.15) is 6.04 Å². The molecule has 2 fully saturated rings. The number of hydrogen-bond acceptors (Lipinski definition) is 3. The smallest absolute Gasteiger partial charge is 0.245 e. The number of carbonyl (C=O) groups excluding carboxylic acids is 3. The van der Waals surface area contributed by atoms with Crippen molar-refractivity contribution in [2.24, 2.45) is 0 Å². The number of carbonyl (C=O) groups is 3. The molecule has 3 rings (SSSR count). The second kappa shape index (κ2) is 7.68. The molecule has 0 aliphatic carbocycles. The normalized spacial score (nSPS) is 21.1. The van der Waals surface area contributed by atoms with Gasteiger partial charge in [0.15, 0.2) is 0 Å². The van der Waals surface area contributed by atoms with Gasteiger partial charge in [-0.3, -0.25) is 14.4 Å². The summed E-state index contributed by atoms with van der Waals surface area (Å²) in [5.74, 6) is -0.0106. The Morgan fingerprint density at radius 1 is 1.16 bits per heavy atom. The van der Waals surface area contributed by atoms with Crippen LogP contribution in [0.15, 0.2) is 24.3 Å². The Kier molecular flexibility index (Phi) is 5.36. The van der Waals surface area contributed by atoms with Gasteiger partial charge in [-0.25, -0.2) is 0 Å². The number of nitrogens with one attached hydrogen (secondary N) is 2. The molecule has 1 unspecified atom stereocenters. The van der Waals surface area contributed by atoms with Crippen molar-refractivity contribution in [1.29, 1.82) is 0 Å². The monoisotopic (exact) mass is 343 g/mol. The van der Waals surface area contributed by atoms with Gasteiger partial charge in [0, 0.05) is 25.6 Å². The Bertz CT molecular complexity index is 648. The predicted octanol–water partition coefficient (Wildman–Crippen LogP) is 0.923. The highest BCUT2D eigenvalue weighted by Crippen LogP contribution is 2.16. The first kappa shape index (κ1) is 17.5. The predicted molar refractivity (Wildman–Crippen MR) is 93.8 cm³/mol. The van der Waals surface area contributed by atoms with Crippen molar-refractivity contribution in [3.8, 4) is 0 Å². The van der Waals surface area contributed by atoms with Crippen molar-refractivity contribution < 1.29 is 14.4 Å². The summed E-state index contributed by atoms with van der Waals surface area (Å²) in [6.07, 6.45) is 2.92. The molecule has 6 heteroatoms. The molecule has 2 saturated heterocycles. The van der Waals surface area contributed by atoms with Crippen LogP contribution in [0.3, 0.4) is 0 Å². The molecule has 1 aromatic rings. The van der Waals surface area contributed by atoms with E-state index in [0.29, 0.717) is 32.4 Å². The first-order chi connectivity index (χ1) is 12.0. The minimum Gasteiger partial charge on any atom is -0.353 e. The molecule has 0 saturated carbocycles.